The molecule has 1 aromatic carbocycles. The van der Waals surface area contributed by atoms with Crippen molar-refractivity contribution < 1.29 is 0 Å². The van der Waals surface area contributed by atoms with Gasteiger partial charge in [0.1, 0.15) is 0 Å². The number of nitrogens with zero attached hydrogens (tertiary/aromatic N) is 1. The summed E-state index contributed by atoms with van der Waals surface area (Å²) < 4.78 is 0. The van der Waals surface area contributed by atoms with E-state index in [9.17, 15) is 0 Å². The number of fused-ring (bicyclic) bond motifs is 1. The Morgan fingerprint density at radius 3 is 3.10 bits per heavy atom. The first-order chi connectivity index (χ1) is 9.90. The van der Waals surface area contributed by atoms with Crippen LogP contribution in [0.1, 0.15) is 36.8 Å². The molecule has 1 aliphatic carbocycles. The van der Waals surface area contributed by atoms with Gasteiger partial charge in [0.15, 0.2) is 0 Å². The van der Waals surface area contributed by atoms with Crippen LogP contribution >= 0.6 is 0 Å². The van der Waals surface area contributed by atoms with E-state index in [1.807, 2.05) is 0 Å². The lowest BCUT2D eigenvalue weighted by Gasteiger charge is -2.22. The fourth-order valence-corrected chi connectivity index (χ4v) is 3.71. The molecule has 1 saturated heterocycles. The maximum absolute atomic E-state index is 3.78. The van der Waals surface area contributed by atoms with E-state index >= 15 is 0 Å². The van der Waals surface area contributed by atoms with Crippen LogP contribution in [-0.2, 0) is 13.0 Å². The van der Waals surface area contributed by atoms with Gasteiger partial charge < -0.3 is 10.6 Å². The summed E-state index contributed by atoms with van der Waals surface area (Å²) in [5.41, 5.74) is 4.36. The summed E-state index contributed by atoms with van der Waals surface area (Å²) in [5.74, 6) is 0. The maximum Gasteiger partial charge on any atom is 0.0418 e. The Kier molecular flexibility index (Phi) is 3.41. The molecule has 1 saturated carbocycles. The Morgan fingerprint density at radius 1 is 1.25 bits per heavy atom. The van der Waals surface area contributed by atoms with Crippen LogP contribution in [0.4, 0.5) is 5.69 Å². The van der Waals surface area contributed by atoms with Crippen LogP contribution in [0.5, 0.6) is 0 Å². The maximum atomic E-state index is 3.78. The predicted octanol–water partition coefficient (Wildman–Crippen LogP) is 2.37. The highest BCUT2D eigenvalue weighted by molar-refractivity contribution is 5.59. The van der Waals surface area contributed by atoms with E-state index in [1.54, 1.807) is 0 Å². The third kappa shape index (κ3) is 2.57. The van der Waals surface area contributed by atoms with Gasteiger partial charge in [-0.1, -0.05) is 18.2 Å². The van der Waals surface area contributed by atoms with Gasteiger partial charge in [0.2, 0.25) is 0 Å². The normalized spacial score (nSPS) is 26.3. The van der Waals surface area contributed by atoms with Gasteiger partial charge in [-0.15, -0.1) is 0 Å². The monoisotopic (exact) mass is 271 g/mol. The van der Waals surface area contributed by atoms with E-state index in [0.717, 1.165) is 19.1 Å². The predicted molar refractivity (Wildman–Crippen MR) is 83.1 cm³/mol. The number of nitrogens with one attached hydrogen (secondary N) is 2. The molecular formula is C17H25N3. The molecule has 2 aliphatic heterocycles. The second kappa shape index (κ2) is 5.38. The van der Waals surface area contributed by atoms with Crippen LogP contribution in [0.25, 0.3) is 0 Å². The third-order valence-electron chi connectivity index (χ3n) is 5.03. The highest BCUT2D eigenvalue weighted by atomic mass is 15.2. The number of hydrogen-bond donors (Lipinski definition) is 2. The summed E-state index contributed by atoms with van der Waals surface area (Å²) in [6.07, 6.45) is 6.68. The SMILES string of the molecule is c1cc2c(c(CNC3CCN(C4CC4)C3)c1)NCCC2. The van der Waals surface area contributed by atoms with Crippen LogP contribution in [0, 0.1) is 0 Å². The van der Waals surface area contributed by atoms with Gasteiger partial charge in [-0.25, -0.2) is 0 Å². The average molecular weight is 271 g/mol. The molecule has 3 heteroatoms. The molecule has 0 radical (unpaired) electrons. The van der Waals surface area contributed by atoms with Gasteiger partial charge in [0, 0.05) is 44.0 Å². The molecule has 2 N–H and O–H groups in total. The van der Waals surface area contributed by atoms with Crippen molar-refractivity contribution in [2.75, 3.05) is 25.0 Å². The van der Waals surface area contributed by atoms with Crippen LogP contribution < -0.4 is 10.6 Å². The molecule has 108 valence electrons. The molecular weight excluding hydrogens is 246 g/mol. The average Bonchev–Trinajstić information content (AvgIpc) is 3.24. The molecule has 2 heterocycles. The first kappa shape index (κ1) is 12.7. The first-order valence-electron chi connectivity index (χ1n) is 8.22. The molecule has 0 bridgehead atoms. The Morgan fingerprint density at radius 2 is 2.20 bits per heavy atom. The minimum absolute atomic E-state index is 0.690. The summed E-state index contributed by atoms with van der Waals surface area (Å²) in [6, 6.07) is 8.38. The van der Waals surface area contributed by atoms with E-state index in [4.69, 9.17) is 0 Å². The minimum Gasteiger partial charge on any atom is -0.385 e. The minimum atomic E-state index is 0.690. The van der Waals surface area contributed by atoms with Gasteiger partial charge in [-0.2, -0.15) is 0 Å². The molecule has 3 nitrogen and oxygen atoms in total. The van der Waals surface area contributed by atoms with E-state index in [2.05, 4.69) is 33.7 Å². The van der Waals surface area contributed by atoms with Crippen LogP contribution in [0.15, 0.2) is 18.2 Å². The highest BCUT2D eigenvalue weighted by Crippen LogP contribution is 2.30. The lowest BCUT2D eigenvalue weighted by Crippen LogP contribution is -2.33. The Hall–Kier alpha value is -1.06. The zero-order valence-electron chi connectivity index (χ0n) is 12.2. The van der Waals surface area contributed by atoms with Gasteiger partial charge >= 0.3 is 0 Å². The number of rotatable bonds is 4. The first-order valence-corrected chi connectivity index (χ1v) is 8.22. The van der Waals surface area contributed by atoms with Crippen LogP contribution in [-0.4, -0.2) is 36.6 Å². The second-order valence-corrected chi connectivity index (χ2v) is 6.57. The smallest absolute Gasteiger partial charge is 0.0418 e. The Bertz CT molecular complexity index is 481. The van der Waals surface area contributed by atoms with Crippen molar-refractivity contribution >= 4 is 5.69 Å². The van der Waals surface area contributed by atoms with E-state index < -0.39 is 0 Å². The van der Waals surface area contributed by atoms with Crippen molar-refractivity contribution in [2.24, 2.45) is 0 Å². The van der Waals surface area contributed by atoms with Crippen molar-refractivity contribution in [2.45, 2.75) is 50.7 Å². The molecule has 1 aromatic rings. The van der Waals surface area contributed by atoms with Crippen molar-refractivity contribution in [1.29, 1.82) is 0 Å². The Labute approximate surface area is 121 Å². The molecule has 4 rings (SSSR count). The standard InChI is InChI=1S/C17H25N3/c1-3-13-5-2-9-18-17(13)14(4-1)11-19-15-8-10-20(12-15)16-6-7-16/h1,3-4,15-16,18-19H,2,5-12H2. The van der Waals surface area contributed by atoms with Crippen LogP contribution in [0.2, 0.25) is 0 Å². The van der Waals surface area contributed by atoms with Crippen molar-refractivity contribution in [3.8, 4) is 0 Å². The number of aryl methyl sites for hydroxylation is 1. The number of hydrogen-bond acceptors (Lipinski definition) is 3. The summed E-state index contributed by atoms with van der Waals surface area (Å²) in [7, 11) is 0. The number of likely N-dealkylation sites (tertiary alicyclic amines) is 1. The van der Waals surface area contributed by atoms with E-state index in [1.165, 1.54) is 62.0 Å². The summed E-state index contributed by atoms with van der Waals surface area (Å²) in [4.78, 5) is 2.68. The van der Waals surface area contributed by atoms with E-state index in [-0.39, 0.29) is 0 Å². The largest absolute Gasteiger partial charge is 0.385 e. The lowest BCUT2D eigenvalue weighted by molar-refractivity contribution is 0.317. The quantitative estimate of drug-likeness (QED) is 0.880. The molecule has 1 unspecified atom stereocenters. The fourth-order valence-electron chi connectivity index (χ4n) is 3.71. The zero-order valence-corrected chi connectivity index (χ0v) is 12.2. The number of anilines is 1. The van der Waals surface area contributed by atoms with Crippen molar-refractivity contribution in [3.63, 3.8) is 0 Å². The molecule has 3 aliphatic rings. The summed E-state index contributed by atoms with van der Waals surface area (Å²) in [5, 5.41) is 7.37. The molecule has 1 atom stereocenters. The van der Waals surface area contributed by atoms with Gasteiger partial charge in [0.05, 0.1) is 0 Å². The second-order valence-electron chi connectivity index (χ2n) is 6.57. The van der Waals surface area contributed by atoms with Crippen molar-refractivity contribution in [1.82, 2.24) is 10.2 Å². The molecule has 0 spiro atoms. The summed E-state index contributed by atoms with van der Waals surface area (Å²) in [6.45, 7) is 4.70. The Balaban J connectivity index is 1.37. The fraction of sp³-hybridized carbons (Fsp3) is 0.647. The molecule has 2 fully saturated rings. The third-order valence-corrected chi connectivity index (χ3v) is 5.03. The van der Waals surface area contributed by atoms with Crippen LogP contribution in [0.3, 0.4) is 0 Å². The van der Waals surface area contributed by atoms with Gasteiger partial charge in [-0.3, -0.25) is 4.90 Å². The highest BCUT2D eigenvalue weighted by Gasteiger charge is 2.34. The van der Waals surface area contributed by atoms with Gasteiger partial charge in [0.25, 0.3) is 0 Å². The van der Waals surface area contributed by atoms with Gasteiger partial charge in [-0.05, 0) is 43.2 Å². The topological polar surface area (TPSA) is 27.3 Å². The molecule has 0 amide bonds. The molecule has 0 aromatic heterocycles. The zero-order chi connectivity index (χ0) is 13.4. The van der Waals surface area contributed by atoms with Crippen molar-refractivity contribution in [3.05, 3.63) is 29.3 Å². The lowest BCUT2D eigenvalue weighted by atomic mass is 9.99. The molecule has 20 heavy (non-hydrogen) atoms. The number of benzene rings is 1. The van der Waals surface area contributed by atoms with E-state index in [0.29, 0.717) is 6.04 Å². The summed E-state index contributed by atoms with van der Waals surface area (Å²) >= 11 is 0. The number of para-hydroxylation sites is 1.